The van der Waals surface area contributed by atoms with Crippen molar-refractivity contribution in [1.82, 2.24) is 0 Å². The molecule has 0 amide bonds. The van der Waals surface area contributed by atoms with Gasteiger partial charge in [-0.15, -0.1) is 0 Å². The van der Waals surface area contributed by atoms with Crippen LogP contribution in [0.25, 0.3) is 0 Å². The molecule has 0 aliphatic carbocycles. The van der Waals surface area contributed by atoms with E-state index in [0.717, 1.165) is 39.4 Å². The highest BCUT2D eigenvalue weighted by molar-refractivity contribution is 5.41. The lowest BCUT2D eigenvalue weighted by Gasteiger charge is -2.14. The molecule has 7 rings (SSSR count). The summed E-state index contributed by atoms with van der Waals surface area (Å²) < 4.78 is 64.9. The van der Waals surface area contributed by atoms with Crippen LogP contribution in [-0.4, -0.2) is 0 Å². The van der Waals surface area contributed by atoms with E-state index in [2.05, 4.69) is 153 Å². The van der Waals surface area contributed by atoms with Crippen molar-refractivity contribution in [1.29, 1.82) is 0 Å². The van der Waals surface area contributed by atoms with E-state index in [1.54, 1.807) is 25.1 Å². The molecule has 0 spiro atoms. The van der Waals surface area contributed by atoms with Gasteiger partial charge in [-0.3, -0.25) is 0 Å². The van der Waals surface area contributed by atoms with Crippen LogP contribution in [-0.2, 0) is 0 Å². The lowest BCUT2D eigenvalue weighted by molar-refractivity contribution is 0.562. The Morgan fingerprint density at radius 1 is 0.222 bits per heavy atom. The van der Waals surface area contributed by atoms with Crippen LogP contribution in [0, 0.1) is 119 Å². The van der Waals surface area contributed by atoms with Gasteiger partial charge in [0.25, 0.3) is 0 Å². The standard InChI is InChI=1S/2C12H18.C11H15F.C11H16.C10H12F2.2C10H13F/c2*1-8(2)12-10(4)6-9(3)7-11(12)5;1-7(2)11-9(4)5-8(3)6-10(11)12;1-8(2)11-6-5-9(3)7-10(11)4;1-6(2)10-7(3)4-8(11)5-9(10)12;1-7(2)10-6-9(11)5-4-8(10)3;1-7(2)10-8(3)5-4-6-9(10)11/h2*6-8H,1-5H3;5-7H,1-4H3;5-8H,1-4H3;4-6H,1-3H3;2*4-7H,1-3H3. The molecule has 0 unspecified atom stereocenters. The van der Waals surface area contributed by atoms with Gasteiger partial charge in [0.05, 0.1) is 0 Å². The molecule has 0 atom stereocenters. The summed E-state index contributed by atoms with van der Waals surface area (Å²) in [4.78, 5) is 0. The van der Waals surface area contributed by atoms with Crippen LogP contribution in [0.3, 0.4) is 0 Å². The first-order valence-corrected chi connectivity index (χ1v) is 29.4. The fourth-order valence-electron chi connectivity index (χ4n) is 11.4. The SMILES string of the molecule is Cc1cc(C)c(C(C)C)c(C)c1.Cc1cc(C)c(C(C)C)c(C)c1.Cc1cc(C)c(C(C)C)c(F)c1.Cc1cc(F)cc(F)c1C(C)C.Cc1ccc(C(C)C)c(C)c1.Cc1ccc(F)cc1C(C)C.Cc1cccc(F)c1C(C)C. The highest BCUT2D eigenvalue weighted by Gasteiger charge is 2.13. The summed E-state index contributed by atoms with van der Waals surface area (Å²) in [5, 5.41) is 0. The maximum atomic E-state index is 13.4. The van der Waals surface area contributed by atoms with Gasteiger partial charge in [0.15, 0.2) is 0 Å². The van der Waals surface area contributed by atoms with Gasteiger partial charge in [-0.05, 0) is 256 Å². The molecule has 0 saturated carbocycles. The van der Waals surface area contributed by atoms with Crippen molar-refractivity contribution >= 4 is 0 Å². The highest BCUT2D eigenvalue weighted by Crippen LogP contribution is 2.28. The molecule has 81 heavy (non-hydrogen) atoms. The molecule has 0 bridgehead atoms. The third-order valence-electron chi connectivity index (χ3n) is 14.3. The Balaban J connectivity index is 0.000000473. The van der Waals surface area contributed by atoms with Crippen molar-refractivity contribution in [3.8, 4) is 0 Å². The summed E-state index contributed by atoms with van der Waals surface area (Å²) in [5.74, 6) is 1.75. The smallest absolute Gasteiger partial charge is 0.129 e. The van der Waals surface area contributed by atoms with Crippen LogP contribution >= 0.6 is 0 Å². The van der Waals surface area contributed by atoms with Gasteiger partial charge in [-0.25, -0.2) is 22.0 Å². The molecule has 0 aliphatic heterocycles. The predicted octanol–water partition coefficient (Wildman–Crippen LogP) is 24.4. The number of rotatable bonds is 7. The second kappa shape index (κ2) is 34.6. The Labute approximate surface area is 491 Å². The predicted molar refractivity (Wildman–Crippen MR) is 345 cm³/mol. The van der Waals surface area contributed by atoms with Crippen molar-refractivity contribution in [2.24, 2.45) is 0 Å². The number of benzene rings is 7. The highest BCUT2D eigenvalue weighted by atomic mass is 19.1. The van der Waals surface area contributed by atoms with E-state index in [1.165, 1.54) is 85.0 Å². The molecule has 5 heteroatoms. The van der Waals surface area contributed by atoms with Crippen molar-refractivity contribution in [3.05, 3.63) is 243 Å². The molecule has 0 heterocycles. The lowest BCUT2D eigenvalue weighted by atomic mass is 9.92. The molecule has 0 fully saturated rings. The summed E-state index contributed by atoms with van der Waals surface area (Å²) in [6, 6.07) is 31.8. The molecular weight excluding hydrogens is 1010 g/mol. The largest absolute Gasteiger partial charge is 0.207 e. The van der Waals surface area contributed by atoms with E-state index in [9.17, 15) is 22.0 Å². The Morgan fingerprint density at radius 2 is 0.568 bits per heavy atom. The van der Waals surface area contributed by atoms with E-state index in [-0.39, 0.29) is 35.2 Å². The minimum Gasteiger partial charge on any atom is -0.207 e. The van der Waals surface area contributed by atoms with Gasteiger partial charge in [0.2, 0.25) is 0 Å². The molecule has 7 aromatic rings. The first kappa shape index (κ1) is 73.2. The number of aryl methyl sites for hydroxylation is 13. The monoisotopic (exact) mass is 1110 g/mol. The molecule has 0 radical (unpaired) electrons. The average molecular weight is 1110 g/mol. The number of hydrogen-bond acceptors (Lipinski definition) is 0. The Bertz CT molecular complexity index is 2690. The van der Waals surface area contributed by atoms with Crippen molar-refractivity contribution in [3.63, 3.8) is 0 Å². The molecule has 0 saturated heterocycles. The zero-order chi connectivity index (χ0) is 62.5. The van der Waals surface area contributed by atoms with Crippen molar-refractivity contribution < 1.29 is 22.0 Å². The quantitative estimate of drug-likeness (QED) is 0.140. The topological polar surface area (TPSA) is 0 Å². The van der Waals surface area contributed by atoms with E-state index < -0.39 is 11.6 Å². The van der Waals surface area contributed by atoms with E-state index in [4.69, 9.17) is 0 Å². The molecule has 0 nitrogen and oxygen atoms in total. The second-order valence-corrected chi connectivity index (χ2v) is 24.6. The van der Waals surface area contributed by atoms with Crippen LogP contribution in [0.5, 0.6) is 0 Å². The zero-order valence-electron chi connectivity index (χ0n) is 55.2. The fourth-order valence-corrected chi connectivity index (χ4v) is 11.4. The van der Waals surface area contributed by atoms with E-state index >= 15 is 0 Å². The summed E-state index contributed by atoms with van der Waals surface area (Å²) in [7, 11) is 0. The molecular formula is C76H105F5. The summed E-state index contributed by atoms with van der Waals surface area (Å²) in [6.07, 6.45) is 0. The maximum Gasteiger partial charge on any atom is 0.129 e. The van der Waals surface area contributed by atoms with E-state index in [0.29, 0.717) is 34.8 Å². The second-order valence-electron chi connectivity index (χ2n) is 24.6. The number of hydrogen-bond donors (Lipinski definition) is 0. The Kier molecular flexibility index (Phi) is 31.3. The minimum atomic E-state index is -0.505. The van der Waals surface area contributed by atoms with Crippen LogP contribution in [0.4, 0.5) is 22.0 Å². The fraction of sp³-hybridized carbons (Fsp3) is 0.447. The minimum absolute atomic E-state index is 0.0671. The van der Waals surface area contributed by atoms with Crippen LogP contribution in [0.15, 0.2) is 103 Å². The van der Waals surface area contributed by atoms with Gasteiger partial charge in [0, 0.05) is 6.07 Å². The van der Waals surface area contributed by atoms with Gasteiger partial charge in [-0.2, -0.15) is 0 Å². The lowest BCUT2D eigenvalue weighted by Crippen LogP contribution is -1.97. The maximum absolute atomic E-state index is 13.4. The molecule has 0 N–H and O–H groups in total. The van der Waals surface area contributed by atoms with Gasteiger partial charge >= 0.3 is 0 Å². The molecule has 444 valence electrons. The molecule has 0 aromatic heterocycles. The van der Waals surface area contributed by atoms with Crippen LogP contribution in [0.1, 0.15) is 250 Å². The van der Waals surface area contributed by atoms with Crippen LogP contribution < -0.4 is 0 Å². The normalized spacial score (nSPS) is 10.8. The Morgan fingerprint density at radius 3 is 0.889 bits per heavy atom. The molecule has 0 aliphatic rings. The first-order valence-electron chi connectivity index (χ1n) is 29.4. The summed E-state index contributed by atoms with van der Waals surface area (Å²) in [5.41, 5.74) is 24.1. The molecule has 7 aromatic carbocycles. The zero-order valence-corrected chi connectivity index (χ0v) is 55.2. The average Bonchev–Trinajstić information content (AvgIpc) is 3.32. The summed E-state index contributed by atoms with van der Waals surface area (Å²) >= 11 is 0. The van der Waals surface area contributed by atoms with Crippen LogP contribution in [0.2, 0.25) is 0 Å². The van der Waals surface area contributed by atoms with E-state index in [1.807, 2.05) is 87.4 Å². The van der Waals surface area contributed by atoms with Crippen molar-refractivity contribution in [2.45, 2.75) is 228 Å². The third kappa shape index (κ3) is 24.3. The van der Waals surface area contributed by atoms with Crippen molar-refractivity contribution in [2.75, 3.05) is 0 Å². The summed E-state index contributed by atoms with van der Waals surface area (Å²) in [6.45, 7) is 56.5. The van der Waals surface area contributed by atoms with Gasteiger partial charge in [-0.1, -0.05) is 180 Å². The third-order valence-corrected chi connectivity index (χ3v) is 14.3. The van der Waals surface area contributed by atoms with Gasteiger partial charge < -0.3 is 0 Å². The van der Waals surface area contributed by atoms with Gasteiger partial charge in [0.1, 0.15) is 29.1 Å². The first-order chi connectivity index (χ1) is 37.4. The number of halogens is 5. The Hall–Kier alpha value is -5.81.